The summed E-state index contributed by atoms with van der Waals surface area (Å²) in [4.78, 5) is 25.4. The number of nitrogens with zero attached hydrogens (tertiary/aromatic N) is 3. The molecule has 1 aromatic heterocycles. The van der Waals surface area contributed by atoms with Crippen molar-refractivity contribution < 1.29 is 4.79 Å². The van der Waals surface area contributed by atoms with Gasteiger partial charge in [0, 0.05) is 0 Å². The summed E-state index contributed by atoms with van der Waals surface area (Å²) in [6.07, 6.45) is 2.46. The Bertz CT molecular complexity index is 1230. The van der Waals surface area contributed by atoms with Crippen LogP contribution in [0.4, 0.5) is 5.82 Å². The van der Waals surface area contributed by atoms with E-state index in [1.54, 1.807) is 6.20 Å². The molecule has 0 N–H and O–H groups in total. The van der Waals surface area contributed by atoms with Crippen molar-refractivity contribution in [2.45, 2.75) is 25.9 Å². The molecule has 2 heterocycles. The van der Waals surface area contributed by atoms with E-state index in [2.05, 4.69) is 98.3 Å². The molecule has 1 aliphatic heterocycles. The van der Waals surface area contributed by atoms with Gasteiger partial charge in [0.05, 0.1) is 0 Å². The van der Waals surface area contributed by atoms with Gasteiger partial charge in [-0.15, -0.1) is 0 Å². The second-order valence-corrected chi connectivity index (χ2v) is 17.5. The van der Waals surface area contributed by atoms with Crippen LogP contribution in [-0.4, -0.2) is 28.1 Å². The number of benzene rings is 3. The fourth-order valence-corrected chi connectivity index (χ4v) is 14.0. The molecule has 1 atom stereocenters. The summed E-state index contributed by atoms with van der Waals surface area (Å²) in [6.45, 7) is 4.46. The maximum atomic E-state index is 14.4. The standard InChI is InChI=1S/C28H27BrN3OP/c1-21-20-30-27(22(2)31-21)32-19-18-26(28(32)33)34(29,23-12-6-3-7-13-23,24-14-8-4-9-15-24)25-16-10-5-11-17-25/h3-17,20,26H,18-19H2,1-2H3. The maximum absolute atomic E-state index is 14.4. The minimum absolute atomic E-state index is 0.0901. The first-order chi connectivity index (χ1) is 16.4. The van der Waals surface area contributed by atoms with Gasteiger partial charge < -0.3 is 0 Å². The summed E-state index contributed by atoms with van der Waals surface area (Å²) >= 11 is 4.46. The van der Waals surface area contributed by atoms with E-state index in [9.17, 15) is 4.79 Å². The van der Waals surface area contributed by atoms with Crippen molar-refractivity contribution in [3.63, 3.8) is 0 Å². The Morgan fingerprint density at radius 3 is 1.74 bits per heavy atom. The van der Waals surface area contributed by atoms with E-state index in [-0.39, 0.29) is 11.6 Å². The molecular formula is C28H27BrN3OP. The molecular weight excluding hydrogens is 505 g/mol. The van der Waals surface area contributed by atoms with Gasteiger partial charge >= 0.3 is 209 Å². The zero-order chi connectivity index (χ0) is 23.8. The number of aryl methyl sites for hydroxylation is 2. The molecule has 1 fully saturated rings. The Labute approximate surface area is 208 Å². The molecule has 0 saturated carbocycles. The average molecular weight is 532 g/mol. The van der Waals surface area contributed by atoms with Gasteiger partial charge in [-0.2, -0.15) is 0 Å². The zero-order valence-corrected chi connectivity index (χ0v) is 21.8. The number of carbonyl (C=O) groups is 1. The Balaban J connectivity index is 1.79. The molecule has 1 saturated heterocycles. The van der Waals surface area contributed by atoms with Crippen LogP contribution in [0.5, 0.6) is 0 Å². The summed E-state index contributed by atoms with van der Waals surface area (Å²) < 4.78 is 0. The summed E-state index contributed by atoms with van der Waals surface area (Å²) in [6, 6.07) is 31.5. The molecule has 0 bridgehead atoms. The Morgan fingerprint density at radius 2 is 1.29 bits per heavy atom. The van der Waals surface area contributed by atoms with Gasteiger partial charge in [0.15, 0.2) is 0 Å². The number of hydrogen-bond acceptors (Lipinski definition) is 3. The van der Waals surface area contributed by atoms with Gasteiger partial charge in [0.2, 0.25) is 0 Å². The minimum atomic E-state index is -3.41. The summed E-state index contributed by atoms with van der Waals surface area (Å²) in [5, 5.41) is 0.0418. The molecule has 1 amide bonds. The van der Waals surface area contributed by atoms with Gasteiger partial charge in [-0.05, 0) is 0 Å². The first kappa shape index (κ1) is 22.9. The fraction of sp³-hybridized carbons (Fsp3) is 0.179. The summed E-state index contributed by atoms with van der Waals surface area (Å²) in [5.74, 6) is 0.747. The SMILES string of the molecule is Cc1cnc(N2CCC(P(Br)(c3ccccc3)(c3ccccc3)c3ccccc3)C2=O)c(C)n1. The number of rotatable bonds is 5. The van der Waals surface area contributed by atoms with Crippen molar-refractivity contribution >= 4 is 48.4 Å². The van der Waals surface area contributed by atoms with E-state index in [0.29, 0.717) is 12.4 Å². The third kappa shape index (κ3) is 3.33. The third-order valence-electron chi connectivity index (χ3n) is 6.84. The molecule has 4 aromatic rings. The van der Waals surface area contributed by atoms with Gasteiger partial charge in [-0.3, -0.25) is 0 Å². The van der Waals surface area contributed by atoms with Crippen molar-refractivity contribution in [3.05, 3.63) is 109 Å². The van der Waals surface area contributed by atoms with E-state index in [0.717, 1.165) is 33.7 Å². The first-order valence-electron chi connectivity index (χ1n) is 11.5. The molecule has 1 unspecified atom stereocenters. The van der Waals surface area contributed by atoms with Crippen LogP contribution in [0.15, 0.2) is 97.2 Å². The van der Waals surface area contributed by atoms with Gasteiger partial charge in [0.1, 0.15) is 0 Å². The van der Waals surface area contributed by atoms with E-state index in [4.69, 9.17) is 0 Å². The molecule has 1 aliphatic rings. The van der Waals surface area contributed by atoms with E-state index in [1.165, 1.54) is 0 Å². The van der Waals surface area contributed by atoms with E-state index < -0.39 is 5.31 Å². The number of halogens is 1. The molecule has 3 aromatic carbocycles. The van der Waals surface area contributed by atoms with Gasteiger partial charge in [0.25, 0.3) is 0 Å². The fourth-order valence-electron chi connectivity index (χ4n) is 5.33. The normalized spacial score (nSPS) is 17.4. The monoisotopic (exact) mass is 531 g/mol. The van der Waals surface area contributed by atoms with Crippen LogP contribution in [0.25, 0.3) is 0 Å². The third-order valence-corrected chi connectivity index (χ3v) is 17.6. The number of anilines is 1. The molecule has 172 valence electrons. The predicted octanol–water partition coefficient (Wildman–Crippen LogP) is 5.04. The molecule has 0 aliphatic carbocycles. The van der Waals surface area contributed by atoms with Crippen molar-refractivity contribution in [2.75, 3.05) is 11.4 Å². The van der Waals surface area contributed by atoms with Crippen molar-refractivity contribution in [3.8, 4) is 0 Å². The van der Waals surface area contributed by atoms with Crippen LogP contribution in [0, 0.1) is 13.8 Å². The Hall–Kier alpha value is -2.88. The molecule has 0 radical (unpaired) electrons. The molecule has 4 nitrogen and oxygen atoms in total. The van der Waals surface area contributed by atoms with Crippen LogP contribution in [0.3, 0.4) is 0 Å². The van der Waals surface area contributed by atoms with Crippen LogP contribution in [0.2, 0.25) is 0 Å². The average Bonchev–Trinajstić information content (AvgIpc) is 3.27. The quantitative estimate of drug-likeness (QED) is 0.339. The topological polar surface area (TPSA) is 46.1 Å². The summed E-state index contributed by atoms with van der Waals surface area (Å²) in [7, 11) is 0. The number of hydrogen-bond donors (Lipinski definition) is 0. The van der Waals surface area contributed by atoms with Crippen molar-refractivity contribution in [2.24, 2.45) is 0 Å². The Morgan fingerprint density at radius 1 is 0.824 bits per heavy atom. The second kappa shape index (κ2) is 8.72. The molecule has 0 spiro atoms. The zero-order valence-electron chi connectivity index (χ0n) is 19.3. The molecule has 5 rings (SSSR count). The van der Waals surface area contributed by atoms with Crippen LogP contribution < -0.4 is 20.8 Å². The molecule has 34 heavy (non-hydrogen) atoms. The van der Waals surface area contributed by atoms with Crippen LogP contribution >= 0.6 is 20.8 Å². The van der Waals surface area contributed by atoms with Crippen LogP contribution in [0.1, 0.15) is 17.8 Å². The van der Waals surface area contributed by atoms with Gasteiger partial charge in [-0.1, -0.05) is 0 Å². The first-order valence-corrected chi connectivity index (χ1v) is 15.8. The predicted molar refractivity (Wildman–Crippen MR) is 146 cm³/mol. The second-order valence-electron chi connectivity index (χ2n) is 8.80. The number of amides is 1. The van der Waals surface area contributed by atoms with Gasteiger partial charge in [-0.25, -0.2) is 0 Å². The van der Waals surface area contributed by atoms with E-state index >= 15 is 0 Å². The van der Waals surface area contributed by atoms with E-state index in [1.807, 2.05) is 36.9 Å². The van der Waals surface area contributed by atoms with Crippen molar-refractivity contribution in [1.82, 2.24) is 9.97 Å². The number of aromatic nitrogens is 2. The van der Waals surface area contributed by atoms with Crippen molar-refractivity contribution in [1.29, 1.82) is 0 Å². The molecule has 6 heteroatoms. The van der Waals surface area contributed by atoms with Crippen LogP contribution in [-0.2, 0) is 4.79 Å². The summed E-state index contributed by atoms with van der Waals surface area (Å²) in [5.41, 5.74) is 1.35. The number of carbonyl (C=O) groups excluding carboxylic acids is 1. The Kier molecular flexibility index (Phi) is 5.87.